The van der Waals surface area contributed by atoms with E-state index in [0.29, 0.717) is 25.0 Å². The summed E-state index contributed by atoms with van der Waals surface area (Å²) in [7, 11) is 0. The van der Waals surface area contributed by atoms with Crippen LogP contribution in [0.4, 0.5) is 0 Å². The first kappa shape index (κ1) is 14.0. The van der Waals surface area contributed by atoms with Gasteiger partial charge in [-0.2, -0.15) is 0 Å². The summed E-state index contributed by atoms with van der Waals surface area (Å²) in [5.74, 6) is -0.479. The molecule has 0 radical (unpaired) electrons. The maximum Gasteiger partial charge on any atom is 0.341 e. The molecule has 1 saturated carbocycles. The molecule has 19 heavy (non-hydrogen) atoms. The molecule has 0 aromatic carbocycles. The predicted octanol–water partition coefficient (Wildman–Crippen LogP) is 2.21. The Hall–Kier alpha value is -1.45. The van der Waals surface area contributed by atoms with Crippen LogP contribution in [0.2, 0.25) is 0 Å². The Morgan fingerprint density at radius 2 is 2.00 bits per heavy atom. The number of fused-ring (bicyclic) bond motifs is 1. The molecule has 0 spiro atoms. The molecule has 2 aliphatic carbocycles. The van der Waals surface area contributed by atoms with Crippen molar-refractivity contribution in [3.63, 3.8) is 0 Å². The molecule has 4 heteroatoms. The lowest BCUT2D eigenvalue weighted by Crippen LogP contribution is -2.31. The van der Waals surface area contributed by atoms with Crippen molar-refractivity contribution in [2.24, 2.45) is 11.3 Å². The number of hydrogen-bond acceptors (Lipinski definition) is 4. The fourth-order valence-corrected chi connectivity index (χ4v) is 2.88. The van der Waals surface area contributed by atoms with E-state index in [-0.39, 0.29) is 29.5 Å². The van der Waals surface area contributed by atoms with Crippen molar-refractivity contribution in [1.29, 1.82) is 0 Å². The molecule has 4 nitrogen and oxygen atoms in total. The summed E-state index contributed by atoms with van der Waals surface area (Å²) in [4.78, 5) is 36.2. The lowest BCUT2D eigenvalue weighted by atomic mass is 9.71. The molecule has 104 valence electrons. The standard InChI is InChI=1S/C15H20O4/c1-9(2)8-19-14(18)13-10-5-4-6-12(17)15(10,3)7-11(13)16/h9H,4-8H2,1-3H3/t15-/m0/s1. The van der Waals surface area contributed by atoms with Crippen molar-refractivity contribution < 1.29 is 19.1 Å². The van der Waals surface area contributed by atoms with Gasteiger partial charge in [-0.25, -0.2) is 4.79 Å². The molecule has 0 saturated heterocycles. The summed E-state index contributed by atoms with van der Waals surface area (Å²) < 4.78 is 5.16. The van der Waals surface area contributed by atoms with Gasteiger partial charge >= 0.3 is 5.97 Å². The highest BCUT2D eigenvalue weighted by Crippen LogP contribution is 2.48. The fraction of sp³-hybridized carbons (Fsp3) is 0.667. The molecule has 0 heterocycles. The van der Waals surface area contributed by atoms with Crippen molar-refractivity contribution in [2.45, 2.75) is 46.5 Å². The van der Waals surface area contributed by atoms with Gasteiger partial charge in [0.25, 0.3) is 0 Å². The Labute approximate surface area is 113 Å². The molecule has 0 N–H and O–H groups in total. The van der Waals surface area contributed by atoms with E-state index >= 15 is 0 Å². The Kier molecular flexibility index (Phi) is 3.61. The van der Waals surface area contributed by atoms with E-state index in [0.717, 1.165) is 6.42 Å². The van der Waals surface area contributed by atoms with Crippen LogP contribution in [0.1, 0.15) is 46.5 Å². The van der Waals surface area contributed by atoms with E-state index in [1.807, 2.05) is 13.8 Å². The number of hydrogen-bond donors (Lipinski definition) is 0. The van der Waals surface area contributed by atoms with E-state index in [1.165, 1.54) is 0 Å². The highest BCUT2D eigenvalue weighted by molar-refractivity contribution is 6.22. The number of ether oxygens (including phenoxy) is 1. The summed E-state index contributed by atoms with van der Waals surface area (Å²) in [6.45, 7) is 5.96. The van der Waals surface area contributed by atoms with Crippen molar-refractivity contribution in [1.82, 2.24) is 0 Å². The minimum atomic E-state index is -0.748. The van der Waals surface area contributed by atoms with E-state index in [4.69, 9.17) is 4.74 Å². The van der Waals surface area contributed by atoms with Crippen LogP contribution in [0.25, 0.3) is 0 Å². The molecule has 2 rings (SSSR count). The first-order chi connectivity index (χ1) is 8.86. The first-order valence-corrected chi connectivity index (χ1v) is 6.83. The van der Waals surface area contributed by atoms with Crippen LogP contribution in [0.5, 0.6) is 0 Å². The lowest BCUT2D eigenvalue weighted by molar-refractivity contribution is -0.141. The zero-order valence-corrected chi connectivity index (χ0v) is 11.7. The van der Waals surface area contributed by atoms with Crippen LogP contribution in [0.3, 0.4) is 0 Å². The topological polar surface area (TPSA) is 60.4 Å². The third kappa shape index (κ3) is 2.36. The van der Waals surface area contributed by atoms with E-state index < -0.39 is 11.4 Å². The molecule has 1 atom stereocenters. The Morgan fingerprint density at radius 1 is 1.32 bits per heavy atom. The van der Waals surface area contributed by atoms with E-state index in [9.17, 15) is 14.4 Å². The van der Waals surface area contributed by atoms with E-state index in [1.54, 1.807) is 6.92 Å². The molecule has 0 aliphatic heterocycles. The van der Waals surface area contributed by atoms with Crippen LogP contribution >= 0.6 is 0 Å². The molecule has 0 aromatic heterocycles. The molecule has 0 bridgehead atoms. The van der Waals surface area contributed by atoms with Crippen molar-refractivity contribution in [3.05, 3.63) is 11.1 Å². The van der Waals surface area contributed by atoms with Crippen molar-refractivity contribution in [2.75, 3.05) is 6.61 Å². The minimum absolute atomic E-state index is 0.0776. The van der Waals surface area contributed by atoms with Crippen LogP contribution in [-0.2, 0) is 19.1 Å². The maximum atomic E-state index is 12.1. The third-order valence-corrected chi connectivity index (χ3v) is 3.96. The van der Waals surface area contributed by atoms with Gasteiger partial charge in [0, 0.05) is 12.8 Å². The van der Waals surface area contributed by atoms with Crippen molar-refractivity contribution >= 4 is 17.5 Å². The molecule has 0 unspecified atom stereocenters. The summed E-state index contributed by atoms with van der Waals surface area (Å²) in [6, 6.07) is 0. The van der Waals surface area contributed by atoms with Gasteiger partial charge < -0.3 is 4.74 Å². The third-order valence-electron chi connectivity index (χ3n) is 3.96. The van der Waals surface area contributed by atoms with Gasteiger partial charge in [-0.1, -0.05) is 13.8 Å². The average molecular weight is 264 g/mol. The van der Waals surface area contributed by atoms with Crippen molar-refractivity contribution in [3.8, 4) is 0 Å². The van der Waals surface area contributed by atoms with Gasteiger partial charge in [0.15, 0.2) is 5.78 Å². The monoisotopic (exact) mass is 264 g/mol. The van der Waals surface area contributed by atoms with Gasteiger partial charge in [0.05, 0.1) is 12.0 Å². The molecular formula is C15H20O4. The van der Waals surface area contributed by atoms with Gasteiger partial charge in [-0.05, 0) is 31.3 Å². The predicted molar refractivity (Wildman–Crippen MR) is 69.4 cm³/mol. The number of ketones is 2. The SMILES string of the molecule is CC(C)COC(=O)C1=C2CCCC(=O)[C@@]2(C)CC1=O. The highest BCUT2D eigenvalue weighted by Gasteiger charge is 2.50. The summed E-state index contributed by atoms with van der Waals surface area (Å²) in [6.07, 6.45) is 2.01. The molecule has 0 amide bonds. The van der Waals surface area contributed by atoms with E-state index in [2.05, 4.69) is 0 Å². The highest BCUT2D eigenvalue weighted by atomic mass is 16.5. The second-order valence-electron chi connectivity index (χ2n) is 6.05. The maximum absolute atomic E-state index is 12.1. The number of Topliss-reactive ketones (excluding diaryl/α,β-unsaturated/α-hetero) is 2. The smallest absolute Gasteiger partial charge is 0.341 e. The summed E-state index contributed by atoms with van der Waals surface area (Å²) >= 11 is 0. The zero-order chi connectivity index (χ0) is 14.2. The normalized spacial score (nSPS) is 26.9. The Morgan fingerprint density at radius 3 is 2.63 bits per heavy atom. The number of rotatable bonds is 3. The quantitative estimate of drug-likeness (QED) is 0.579. The fourth-order valence-electron chi connectivity index (χ4n) is 2.88. The van der Waals surface area contributed by atoms with Crippen LogP contribution in [0, 0.1) is 11.3 Å². The molecule has 2 aliphatic rings. The van der Waals surface area contributed by atoms with Crippen LogP contribution < -0.4 is 0 Å². The second-order valence-corrected chi connectivity index (χ2v) is 6.05. The minimum Gasteiger partial charge on any atom is -0.462 e. The lowest BCUT2D eigenvalue weighted by Gasteiger charge is -2.30. The Balaban J connectivity index is 2.29. The molecular weight excluding hydrogens is 244 g/mol. The average Bonchev–Trinajstić information content (AvgIpc) is 2.59. The van der Waals surface area contributed by atoms with Gasteiger partial charge in [0.1, 0.15) is 11.4 Å². The summed E-state index contributed by atoms with van der Waals surface area (Å²) in [5, 5.41) is 0. The molecule has 1 fully saturated rings. The number of esters is 1. The first-order valence-electron chi connectivity index (χ1n) is 6.83. The number of carbonyl (C=O) groups is 3. The Bertz CT molecular complexity index is 473. The zero-order valence-electron chi connectivity index (χ0n) is 11.7. The second kappa shape index (κ2) is 4.91. The van der Waals surface area contributed by atoms with Crippen LogP contribution in [0.15, 0.2) is 11.1 Å². The molecule has 0 aromatic rings. The van der Waals surface area contributed by atoms with Crippen LogP contribution in [-0.4, -0.2) is 24.1 Å². The van der Waals surface area contributed by atoms with Gasteiger partial charge in [0.2, 0.25) is 0 Å². The number of carbonyl (C=O) groups excluding carboxylic acids is 3. The summed E-state index contributed by atoms with van der Waals surface area (Å²) in [5.41, 5.74) is 0.111. The van der Waals surface area contributed by atoms with Gasteiger partial charge in [-0.15, -0.1) is 0 Å². The largest absolute Gasteiger partial charge is 0.462 e. The van der Waals surface area contributed by atoms with Gasteiger partial charge in [-0.3, -0.25) is 9.59 Å². The number of allylic oxidation sites excluding steroid dienone is 1.